The predicted molar refractivity (Wildman–Crippen MR) is 115 cm³/mol. The summed E-state index contributed by atoms with van der Waals surface area (Å²) in [6.07, 6.45) is 0. The molecule has 1 amide bonds. The summed E-state index contributed by atoms with van der Waals surface area (Å²) >= 11 is 1.72. The smallest absolute Gasteiger partial charge is 0.234 e. The molecule has 0 saturated heterocycles. The molecule has 0 bridgehead atoms. The summed E-state index contributed by atoms with van der Waals surface area (Å²) in [7, 11) is 1.65. The molecule has 28 heavy (non-hydrogen) atoms. The van der Waals surface area contributed by atoms with Crippen LogP contribution in [-0.2, 0) is 11.3 Å². The Labute approximate surface area is 170 Å². The Kier molecular flexibility index (Phi) is 7.23. The molecule has 1 heterocycles. The quantitative estimate of drug-likeness (QED) is 0.582. The molecule has 3 rings (SSSR count). The van der Waals surface area contributed by atoms with Crippen molar-refractivity contribution in [3.8, 4) is 5.75 Å². The monoisotopic (exact) mass is 394 g/mol. The highest BCUT2D eigenvalue weighted by Crippen LogP contribution is 2.24. The van der Waals surface area contributed by atoms with E-state index in [0.29, 0.717) is 6.54 Å². The van der Waals surface area contributed by atoms with Crippen LogP contribution >= 0.6 is 11.3 Å². The van der Waals surface area contributed by atoms with Crippen LogP contribution in [-0.4, -0.2) is 31.0 Å². The first kappa shape index (κ1) is 20.1. The Hall–Kier alpha value is -2.63. The number of rotatable bonds is 9. The predicted octanol–water partition coefficient (Wildman–Crippen LogP) is 4.48. The van der Waals surface area contributed by atoms with Crippen molar-refractivity contribution in [1.82, 2.24) is 10.2 Å². The van der Waals surface area contributed by atoms with E-state index >= 15 is 0 Å². The Balaban J connectivity index is 1.73. The molecule has 146 valence electrons. The van der Waals surface area contributed by atoms with Crippen LogP contribution in [0.4, 0.5) is 0 Å². The highest BCUT2D eigenvalue weighted by molar-refractivity contribution is 7.09. The van der Waals surface area contributed by atoms with Crippen LogP contribution in [0.5, 0.6) is 5.75 Å². The van der Waals surface area contributed by atoms with Crippen molar-refractivity contribution in [3.63, 3.8) is 0 Å². The molecule has 4 nitrogen and oxygen atoms in total. The van der Waals surface area contributed by atoms with Gasteiger partial charge < -0.3 is 10.1 Å². The van der Waals surface area contributed by atoms with E-state index in [2.05, 4.69) is 28.6 Å². The number of nitrogens with one attached hydrogen (secondary N) is 1. The Bertz CT molecular complexity index is 848. The first-order valence-electron chi connectivity index (χ1n) is 9.42. The van der Waals surface area contributed by atoms with Crippen LogP contribution < -0.4 is 10.1 Å². The lowest BCUT2D eigenvalue weighted by atomic mass is 9.98. The average Bonchev–Trinajstić information content (AvgIpc) is 3.25. The molecule has 1 aromatic heterocycles. The number of carbonyl (C=O) groups excluding carboxylic acids is 1. The van der Waals surface area contributed by atoms with Gasteiger partial charge in [0.05, 0.1) is 19.7 Å². The van der Waals surface area contributed by atoms with Gasteiger partial charge in [-0.15, -0.1) is 11.3 Å². The van der Waals surface area contributed by atoms with E-state index in [4.69, 9.17) is 4.74 Å². The van der Waals surface area contributed by atoms with E-state index in [-0.39, 0.29) is 11.9 Å². The maximum atomic E-state index is 12.8. The lowest BCUT2D eigenvalue weighted by Crippen LogP contribution is -2.38. The second kappa shape index (κ2) is 10.1. The van der Waals surface area contributed by atoms with Gasteiger partial charge in [0.25, 0.3) is 0 Å². The summed E-state index contributed by atoms with van der Waals surface area (Å²) in [4.78, 5) is 16.3. The fraction of sp³-hybridized carbons (Fsp3) is 0.261. The van der Waals surface area contributed by atoms with Crippen molar-refractivity contribution in [2.45, 2.75) is 19.5 Å². The maximum Gasteiger partial charge on any atom is 0.234 e. The van der Waals surface area contributed by atoms with Gasteiger partial charge in [-0.25, -0.2) is 0 Å². The summed E-state index contributed by atoms with van der Waals surface area (Å²) in [5.41, 5.74) is 2.09. The number of hydrogen-bond acceptors (Lipinski definition) is 4. The summed E-state index contributed by atoms with van der Waals surface area (Å²) in [5, 5.41) is 5.28. The van der Waals surface area contributed by atoms with Gasteiger partial charge in [-0.05, 0) is 41.3 Å². The summed E-state index contributed by atoms with van der Waals surface area (Å²) in [6.45, 7) is 4.07. The number of amides is 1. The number of benzene rings is 2. The molecule has 0 radical (unpaired) electrons. The van der Waals surface area contributed by atoms with E-state index in [1.165, 1.54) is 4.88 Å². The van der Waals surface area contributed by atoms with E-state index in [1.54, 1.807) is 18.4 Å². The van der Waals surface area contributed by atoms with Gasteiger partial charge in [-0.3, -0.25) is 9.69 Å². The number of methoxy groups -OCH3 is 1. The fourth-order valence-electron chi connectivity index (χ4n) is 3.11. The van der Waals surface area contributed by atoms with E-state index in [1.807, 2.05) is 60.7 Å². The zero-order chi connectivity index (χ0) is 19.8. The Morgan fingerprint density at radius 3 is 2.36 bits per heavy atom. The highest BCUT2D eigenvalue weighted by Gasteiger charge is 2.18. The Morgan fingerprint density at radius 1 is 1.04 bits per heavy atom. The van der Waals surface area contributed by atoms with Gasteiger partial charge in [-0.2, -0.15) is 0 Å². The lowest BCUT2D eigenvalue weighted by molar-refractivity contribution is -0.122. The van der Waals surface area contributed by atoms with Gasteiger partial charge in [0.15, 0.2) is 0 Å². The maximum absolute atomic E-state index is 12.8. The number of ether oxygens (including phenoxy) is 1. The molecule has 0 unspecified atom stereocenters. The van der Waals surface area contributed by atoms with Gasteiger partial charge >= 0.3 is 0 Å². The molecule has 3 aromatic rings. The van der Waals surface area contributed by atoms with E-state index < -0.39 is 0 Å². The molecular weight excluding hydrogens is 368 g/mol. The van der Waals surface area contributed by atoms with Crippen LogP contribution in [0.25, 0.3) is 0 Å². The first-order valence-corrected chi connectivity index (χ1v) is 10.3. The number of likely N-dealkylation sites (N-methyl/N-ethyl adjacent to an activating group) is 1. The molecule has 0 aliphatic heterocycles. The van der Waals surface area contributed by atoms with Crippen molar-refractivity contribution in [1.29, 1.82) is 0 Å². The standard InChI is InChI=1S/C23H26N2O2S/c1-3-25(16-21-10-7-15-28-21)17-22(26)24-23(18-8-5-4-6-9-18)19-11-13-20(27-2)14-12-19/h4-15,23H,3,16-17H2,1-2H3,(H,24,26)/t23-/m1/s1. The van der Waals surface area contributed by atoms with Crippen molar-refractivity contribution in [3.05, 3.63) is 88.1 Å². The van der Waals surface area contributed by atoms with Crippen molar-refractivity contribution >= 4 is 17.2 Å². The number of thiophene rings is 1. The van der Waals surface area contributed by atoms with Gasteiger partial charge in [-0.1, -0.05) is 55.5 Å². The molecular formula is C23H26N2O2S. The van der Waals surface area contributed by atoms with Crippen LogP contribution in [0.15, 0.2) is 72.1 Å². The average molecular weight is 395 g/mol. The molecule has 0 spiro atoms. The van der Waals surface area contributed by atoms with Gasteiger partial charge in [0, 0.05) is 11.4 Å². The molecule has 5 heteroatoms. The molecule has 0 saturated carbocycles. The number of hydrogen-bond donors (Lipinski definition) is 1. The third-order valence-electron chi connectivity index (χ3n) is 4.66. The number of nitrogens with zero attached hydrogens (tertiary/aromatic N) is 1. The zero-order valence-corrected chi connectivity index (χ0v) is 17.1. The van der Waals surface area contributed by atoms with Crippen molar-refractivity contribution in [2.24, 2.45) is 0 Å². The fourth-order valence-corrected chi connectivity index (χ4v) is 3.86. The zero-order valence-electron chi connectivity index (χ0n) is 16.3. The summed E-state index contributed by atoms with van der Waals surface area (Å²) < 4.78 is 5.26. The minimum Gasteiger partial charge on any atom is -0.497 e. The summed E-state index contributed by atoms with van der Waals surface area (Å²) in [6, 6.07) is 21.9. The van der Waals surface area contributed by atoms with Gasteiger partial charge in [0.2, 0.25) is 5.91 Å². The van der Waals surface area contributed by atoms with Crippen molar-refractivity contribution in [2.75, 3.05) is 20.2 Å². The second-order valence-corrected chi connectivity index (χ2v) is 7.60. The second-order valence-electron chi connectivity index (χ2n) is 6.57. The molecule has 0 aliphatic rings. The third-order valence-corrected chi connectivity index (χ3v) is 5.52. The molecule has 1 N–H and O–H groups in total. The molecule has 0 aliphatic carbocycles. The number of carbonyl (C=O) groups is 1. The topological polar surface area (TPSA) is 41.6 Å². The van der Waals surface area contributed by atoms with Crippen LogP contribution in [0.2, 0.25) is 0 Å². The normalized spacial score (nSPS) is 12.0. The minimum atomic E-state index is -0.194. The Morgan fingerprint density at radius 2 is 1.75 bits per heavy atom. The van der Waals surface area contributed by atoms with Crippen LogP contribution in [0.3, 0.4) is 0 Å². The minimum absolute atomic E-state index is 0.0167. The highest BCUT2D eigenvalue weighted by atomic mass is 32.1. The van der Waals surface area contributed by atoms with Gasteiger partial charge in [0.1, 0.15) is 5.75 Å². The molecule has 2 aromatic carbocycles. The largest absolute Gasteiger partial charge is 0.497 e. The lowest BCUT2D eigenvalue weighted by Gasteiger charge is -2.23. The van der Waals surface area contributed by atoms with E-state index in [9.17, 15) is 4.79 Å². The first-order chi connectivity index (χ1) is 13.7. The molecule has 0 fully saturated rings. The third kappa shape index (κ3) is 5.44. The van der Waals surface area contributed by atoms with Crippen molar-refractivity contribution < 1.29 is 9.53 Å². The van der Waals surface area contributed by atoms with Crippen LogP contribution in [0.1, 0.15) is 29.0 Å². The summed E-state index contributed by atoms with van der Waals surface area (Å²) in [5.74, 6) is 0.818. The molecule has 1 atom stereocenters. The van der Waals surface area contributed by atoms with E-state index in [0.717, 1.165) is 30.0 Å². The van der Waals surface area contributed by atoms with Crippen LogP contribution in [0, 0.1) is 0 Å². The SMILES string of the molecule is CCN(CC(=O)N[C@H](c1ccccc1)c1ccc(OC)cc1)Cc1cccs1.